The van der Waals surface area contributed by atoms with Crippen molar-refractivity contribution in [2.24, 2.45) is 0 Å². The van der Waals surface area contributed by atoms with Gasteiger partial charge in [0.25, 0.3) is 0 Å². The summed E-state index contributed by atoms with van der Waals surface area (Å²) < 4.78 is 18.7. The smallest absolute Gasteiger partial charge is 0.310 e. The molecule has 0 spiro atoms. The van der Waals surface area contributed by atoms with E-state index in [1.807, 2.05) is 91.0 Å². The molecule has 1 amide bonds. The van der Waals surface area contributed by atoms with Crippen molar-refractivity contribution >= 4 is 26.4 Å². The highest BCUT2D eigenvalue weighted by Gasteiger charge is 2.40. The van der Waals surface area contributed by atoms with Gasteiger partial charge in [-0.05, 0) is 78.4 Å². The van der Waals surface area contributed by atoms with Crippen LogP contribution in [0.25, 0.3) is 0 Å². The molecular weight excluding hydrogens is 629 g/mol. The van der Waals surface area contributed by atoms with Crippen molar-refractivity contribution in [1.29, 1.82) is 0 Å². The topological polar surface area (TPSA) is 85.9 Å². The number of benzene rings is 4. The highest BCUT2D eigenvalue weighted by Crippen LogP contribution is 2.40. The van der Waals surface area contributed by atoms with Gasteiger partial charge < -0.3 is 24.5 Å². The Morgan fingerprint density at radius 3 is 2.02 bits per heavy atom. The fourth-order valence-corrected chi connectivity index (χ4v) is 6.58. The molecule has 4 rings (SSSR count). The molecule has 4 aromatic rings. The van der Waals surface area contributed by atoms with Crippen LogP contribution in [0, 0.1) is 0 Å². The maximum Gasteiger partial charge on any atom is 0.310 e. The number of nitrogens with one attached hydrogen (secondary N) is 2. The molecule has 0 aromatic heterocycles. The Balaban J connectivity index is 1.46. The second-order valence-electron chi connectivity index (χ2n) is 14.7. The summed E-state index contributed by atoms with van der Waals surface area (Å²) in [5.41, 5.74) is 5.34. The summed E-state index contributed by atoms with van der Waals surface area (Å²) in [5, 5.41) is 6.62. The van der Waals surface area contributed by atoms with Crippen LogP contribution in [0.4, 0.5) is 5.69 Å². The first-order valence-electron chi connectivity index (χ1n) is 17.0. The molecule has 0 heterocycles. The average Bonchev–Trinajstić information content (AvgIpc) is 3.05. The zero-order valence-corrected chi connectivity index (χ0v) is 31.0. The van der Waals surface area contributed by atoms with E-state index < -0.39 is 8.32 Å². The number of ether oxygens (including phenoxy) is 2. The molecule has 7 nitrogen and oxygen atoms in total. The molecule has 260 valence electrons. The summed E-state index contributed by atoms with van der Waals surface area (Å²) >= 11 is 0. The van der Waals surface area contributed by atoms with Gasteiger partial charge in [-0.1, -0.05) is 112 Å². The minimum Gasteiger partial charge on any atom is -0.487 e. The molecule has 0 aliphatic heterocycles. The molecule has 2 N–H and O–H groups in total. The van der Waals surface area contributed by atoms with Crippen LogP contribution in [0.1, 0.15) is 68.5 Å². The SMILES string of the molecule is CC(C)(Cc1cccc(CC(=O)OCc2ccccc2)c1)NC[C@H](O[Si](C)(C)C(C)(C)C)c1ccc(OCc2ccccc2)c(NC=O)c1. The predicted molar refractivity (Wildman–Crippen MR) is 200 cm³/mol. The number of anilines is 1. The third-order valence-electron chi connectivity index (χ3n) is 9.06. The van der Waals surface area contributed by atoms with Crippen LogP contribution in [0.2, 0.25) is 18.1 Å². The molecule has 0 aliphatic carbocycles. The molecule has 0 fully saturated rings. The van der Waals surface area contributed by atoms with E-state index in [1.165, 1.54) is 0 Å². The van der Waals surface area contributed by atoms with Gasteiger partial charge in [-0.15, -0.1) is 0 Å². The van der Waals surface area contributed by atoms with Gasteiger partial charge in [-0.25, -0.2) is 0 Å². The fourth-order valence-electron chi connectivity index (χ4n) is 5.29. The molecule has 49 heavy (non-hydrogen) atoms. The maximum absolute atomic E-state index is 12.6. The van der Waals surface area contributed by atoms with Crippen LogP contribution in [-0.2, 0) is 44.8 Å². The molecule has 0 bridgehead atoms. The lowest BCUT2D eigenvalue weighted by molar-refractivity contribution is -0.144. The summed E-state index contributed by atoms with van der Waals surface area (Å²) in [5.74, 6) is 0.354. The second kappa shape index (κ2) is 16.9. The van der Waals surface area contributed by atoms with Crippen molar-refractivity contribution < 1.29 is 23.5 Å². The molecule has 8 heteroatoms. The third-order valence-corrected chi connectivity index (χ3v) is 13.6. The van der Waals surface area contributed by atoms with Gasteiger partial charge in [0.2, 0.25) is 6.41 Å². The van der Waals surface area contributed by atoms with Gasteiger partial charge in [0.1, 0.15) is 19.0 Å². The Morgan fingerprint density at radius 1 is 0.776 bits per heavy atom. The maximum atomic E-state index is 12.6. The standard InChI is InChI=1S/C41H52N2O5Si/c1-40(2,3)49(6,7)48-38(35-21-22-37(36(25-35)42-30-44)46-28-31-15-10-8-11-16-31)27-43-41(4,5)26-34-20-14-19-33(23-34)24-39(45)47-29-32-17-12-9-13-18-32/h8-23,25,30,38,43H,24,26-29H2,1-7H3,(H,42,44)/t38-/m0/s1. The van der Waals surface area contributed by atoms with Crippen molar-refractivity contribution in [1.82, 2.24) is 5.32 Å². The van der Waals surface area contributed by atoms with E-state index in [0.717, 1.165) is 34.2 Å². The molecule has 0 aliphatic rings. The largest absolute Gasteiger partial charge is 0.487 e. The van der Waals surface area contributed by atoms with E-state index >= 15 is 0 Å². The van der Waals surface area contributed by atoms with Crippen molar-refractivity contribution in [3.63, 3.8) is 0 Å². The third kappa shape index (κ3) is 11.7. The highest BCUT2D eigenvalue weighted by molar-refractivity contribution is 6.74. The van der Waals surface area contributed by atoms with Crippen LogP contribution >= 0.6 is 0 Å². The average molecular weight is 681 g/mol. The van der Waals surface area contributed by atoms with Crippen LogP contribution < -0.4 is 15.4 Å². The molecule has 0 saturated carbocycles. The summed E-state index contributed by atoms with van der Waals surface area (Å²) in [4.78, 5) is 24.2. The zero-order valence-electron chi connectivity index (χ0n) is 30.0. The van der Waals surface area contributed by atoms with Gasteiger partial charge in [0, 0.05) is 12.1 Å². The monoisotopic (exact) mass is 680 g/mol. The van der Waals surface area contributed by atoms with Gasteiger partial charge >= 0.3 is 5.97 Å². The lowest BCUT2D eigenvalue weighted by Crippen LogP contribution is -2.47. The Hall–Kier alpha value is -4.24. The van der Waals surface area contributed by atoms with Gasteiger partial charge in [0.05, 0.1) is 18.2 Å². The normalized spacial score (nSPS) is 12.6. The van der Waals surface area contributed by atoms with E-state index in [0.29, 0.717) is 31.0 Å². The van der Waals surface area contributed by atoms with Crippen LogP contribution in [0.5, 0.6) is 5.75 Å². The lowest BCUT2D eigenvalue weighted by atomic mass is 9.93. The first-order chi connectivity index (χ1) is 23.2. The number of carbonyl (C=O) groups is 2. The summed E-state index contributed by atoms with van der Waals surface area (Å²) in [6.45, 7) is 16.8. The van der Waals surface area contributed by atoms with Crippen LogP contribution in [0.3, 0.4) is 0 Å². The Bertz CT molecular complexity index is 1650. The van der Waals surface area contributed by atoms with E-state index in [9.17, 15) is 9.59 Å². The van der Waals surface area contributed by atoms with E-state index in [2.05, 4.69) is 70.5 Å². The minimum atomic E-state index is -2.19. The summed E-state index contributed by atoms with van der Waals surface area (Å²) in [6.07, 6.45) is 1.38. The number of amides is 1. The van der Waals surface area contributed by atoms with Gasteiger partial charge in [-0.2, -0.15) is 0 Å². The number of hydrogen-bond donors (Lipinski definition) is 2. The zero-order chi connectivity index (χ0) is 35.5. The highest BCUT2D eigenvalue weighted by atomic mass is 28.4. The Labute approximate surface area is 293 Å². The molecule has 0 unspecified atom stereocenters. The van der Waals surface area contributed by atoms with Crippen molar-refractivity contribution in [2.75, 3.05) is 11.9 Å². The molecule has 0 radical (unpaired) electrons. The van der Waals surface area contributed by atoms with E-state index in [-0.39, 0.29) is 35.7 Å². The summed E-state index contributed by atoms with van der Waals surface area (Å²) in [7, 11) is -2.19. The van der Waals surface area contributed by atoms with Crippen molar-refractivity contribution in [3.8, 4) is 5.75 Å². The molecular formula is C41H52N2O5Si. The number of rotatable bonds is 17. The van der Waals surface area contributed by atoms with Gasteiger partial charge in [0.15, 0.2) is 8.32 Å². The lowest BCUT2D eigenvalue weighted by Gasteiger charge is -2.40. The Kier molecular flexibility index (Phi) is 13.0. The number of esters is 1. The van der Waals surface area contributed by atoms with Crippen LogP contribution in [0.15, 0.2) is 103 Å². The quantitative estimate of drug-likeness (QED) is 0.0659. The second-order valence-corrected chi connectivity index (χ2v) is 19.5. The fraction of sp³-hybridized carbons (Fsp3) is 0.366. The first-order valence-corrected chi connectivity index (χ1v) is 19.9. The predicted octanol–water partition coefficient (Wildman–Crippen LogP) is 8.79. The first kappa shape index (κ1) is 37.6. The number of carbonyl (C=O) groups excluding carboxylic acids is 2. The van der Waals surface area contributed by atoms with Gasteiger partial charge in [-0.3, -0.25) is 9.59 Å². The summed E-state index contributed by atoms with van der Waals surface area (Å²) in [6, 6.07) is 33.7. The van der Waals surface area contributed by atoms with Crippen molar-refractivity contribution in [3.05, 3.63) is 131 Å². The van der Waals surface area contributed by atoms with Crippen LogP contribution in [-0.4, -0.2) is 32.8 Å². The minimum absolute atomic E-state index is 0.00602. The molecule has 4 aromatic carbocycles. The molecule has 0 saturated heterocycles. The Morgan fingerprint density at radius 2 is 1.39 bits per heavy atom. The number of hydrogen-bond acceptors (Lipinski definition) is 6. The van der Waals surface area contributed by atoms with Crippen molar-refractivity contribution in [2.45, 2.75) is 90.4 Å². The van der Waals surface area contributed by atoms with E-state index in [1.54, 1.807) is 0 Å². The molecule has 1 atom stereocenters. The van der Waals surface area contributed by atoms with E-state index in [4.69, 9.17) is 13.9 Å².